The maximum absolute atomic E-state index is 13.1. The second kappa shape index (κ2) is 6.39. The number of imidazole rings is 1. The fraction of sp³-hybridized carbons (Fsp3) is 0.167. The van der Waals surface area contributed by atoms with E-state index < -0.39 is 11.7 Å². The van der Waals surface area contributed by atoms with Gasteiger partial charge in [-0.05, 0) is 29.3 Å². The van der Waals surface area contributed by atoms with Gasteiger partial charge in [0.05, 0.1) is 5.56 Å². The largest absolute Gasteiger partial charge is 0.416 e. The monoisotopic (exact) mass is 331 g/mol. The van der Waals surface area contributed by atoms with E-state index in [4.69, 9.17) is 5.73 Å². The highest BCUT2D eigenvalue weighted by atomic mass is 19.4. The Morgan fingerprint density at radius 2 is 1.83 bits per heavy atom. The summed E-state index contributed by atoms with van der Waals surface area (Å²) in [6.07, 6.45) is -0.903. The zero-order valence-corrected chi connectivity index (χ0v) is 12.8. The van der Waals surface area contributed by atoms with Gasteiger partial charge in [0.1, 0.15) is 5.82 Å². The molecule has 124 valence electrons. The van der Waals surface area contributed by atoms with Gasteiger partial charge in [0.25, 0.3) is 0 Å². The number of alkyl halides is 3. The molecule has 24 heavy (non-hydrogen) atoms. The zero-order valence-electron chi connectivity index (χ0n) is 12.8. The normalized spacial score (nSPS) is 11.6. The third-order valence-corrected chi connectivity index (χ3v) is 3.78. The maximum atomic E-state index is 13.1. The van der Waals surface area contributed by atoms with E-state index in [0.29, 0.717) is 18.1 Å². The Kier molecular flexibility index (Phi) is 4.29. The number of aromatic nitrogens is 2. The fourth-order valence-electron chi connectivity index (χ4n) is 2.66. The van der Waals surface area contributed by atoms with Crippen molar-refractivity contribution in [3.8, 4) is 0 Å². The van der Waals surface area contributed by atoms with Gasteiger partial charge in [-0.15, -0.1) is 0 Å². The number of nitrogen functional groups attached to an aromatic ring is 1. The quantitative estimate of drug-likeness (QED) is 0.731. The standard InChI is InChI=1S/C18H16F3N3/c19-18(20,21)16-7-2-1-5-14(16)11-17-23-8-9-24(17)12-13-4-3-6-15(22)10-13/h1-10H,11-12,22H2. The molecule has 1 heterocycles. The number of hydrogen-bond donors (Lipinski definition) is 1. The van der Waals surface area contributed by atoms with Crippen LogP contribution in [0, 0.1) is 0 Å². The van der Waals surface area contributed by atoms with Crippen molar-refractivity contribution in [2.75, 3.05) is 5.73 Å². The summed E-state index contributed by atoms with van der Waals surface area (Å²) in [6.45, 7) is 0.508. The van der Waals surface area contributed by atoms with Crippen LogP contribution >= 0.6 is 0 Å². The maximum Gasteiger partial charge on any atom is 0.416 e. The summed E-state index contributed by atoms with van der Waals surface area (Å²) in [7, 11) is 0. The van der Waals surface area contributed by atoms with Crippen LogP contribution < -0.4 is 5.73 Å². The molecule has 0 atom stereocenters. The Morgan fingerprint density at radius 1 is 1.04 bits per heavy atom. The molecule has 2 N–H and O–H groups in total. The van der Waals surface area contributed by atoms with Crippen LogP contribution in [0.4, 0.5) is 18.9 Å². The van der Waals surface area contributed by atoms with Gasteiger partial charge in [0, 0.05) is 31.0 Å². The minimum absolute atomic E-state index is 0.116. The molecule has 0 saturated carbocycles. The van der Waals surface area contributed by atoms with Gasteiger partial charge in [-0.1, -0.05) is 30.3 Å². The van der Waals surface area contributed by atoms with Gasteiger partial charge >= 0.3 is 6.18 Å². The van der Waals surface area contributed by atoms with Crippen molar-refractivity contribution in [2.24, 2.45) is 0 Å². The first-order chi connectivity index (χ1) is 11.4. The first-order valence-corrected chi connectivity index (χ1v) is 7.43. The van der Waals surface area contributed by atoms with Gasteiger partial charge in [-0.25, -0.2) is 4.98 Å². The molecule has 0 aliphatic heterocycles. The van der Waals surface area contributed by atoms with Gasteiger partial charge in [-0.2, -0.15) is 13.2 Å². The van der Waals surface area contributed by atoms with Crippen LogP contribution in [0.25, 0.3) is 0 Å². The molecular weight excluding hydrogens is 315 g/mol. The Hall–Kier alpha value is -2.76. The van der Waals surface area contributed by atoms with Gasteiger partial charge in [-0.3, -0.25) is 0 Å². The molecular formula is C18H16F3N3. The van der Waals surface area contributed by atoms with Crippen LogP contribution in [0.5, 0.6) is 0 Å². The fourth-order valence-corrected chi connectivity index (χ4v) is 2.66. The van der Waals surface area contributed by atoms with E-state index in [1.807, 2.05) is 22.8 Å². The van der Waals surface area contributed by atoms with Crippen LogP contribution in [0.1, 0.15) is 22.5 Å². The molecule has 0 saturated heterocycles. The summed E-state index contributed by atoms with van der Waals surface area (Å²) < 4.78 is 41.2. The van der Waals surface area contributed by atoms with Crippen molar-refractivity contribution in [3.05, 3.63) is 83.4 Å². The van der Waals surface area contributed by atoms with Crippen LogP contribution in [-0.2, 0) is 19.1 Å². The zero-order chi connectivity index (χ0) is 17.2. The topological polar surface area (TPSA) is 43.8 Å². The number of anilines is 1. The van der Waals surface area contributed by atoms with E-state index >= 15 is 0 Å². The lowest BCUT2D eigenvalue weighted by molar-refractivity contribution is -0.138. The van der Waals surface area contributed by atoms with Gasteiger partial charge < -0.3 is 10.3 Å². The van der Waals surface area contributed by atoms with Crippen molar-refractivity contribution in [1.82, 2.24) is 9.55 Å². The summed E-state index contributed by atoms with van der Waals surface area (Å²) in [5.74, 6) is 0.578. The summed E-state index contributed by atoms with van der Waals surface area (Å²) in [5, 5.41) is 0. The minimum atomic E-state index is -4.37. The van der Waals surface area contributed by atoms with Crippen molar-refractivity contribution in [3.63, 3.8) is 0 Å². The van der Waals surface area contributed by atoms with Gasteiger partial charge in [0.15, 0.2) is 0 Å². The summed E-state index contributed by atoms with van der Waals surface area (Å²) in [5.41, 5.74) is 6.98. The highest BCUT2D eigenvalue weighted by Crippen LogP contribution is 2.32. The summed E-state index contributed by atoms with van der Waals surface area (Å²) in [4.78, 5) is 4.22. The molecule has 1 aromatic heterocycles. The molecule has 0 bridgehead atoms. The Labute approximate surface area is 137 Å². The van der Waals surface area contributed by atoms with E-state index in [9.17, 15) is 13.2 Å². The molecule has 3 rings (SSSR count). The number of nitrogens with two attached hydrogens (primary N) is 1. The van der Waals surface area contributed by atoms with Crippen LogP contribution in [0.2, 0.25) is 0 Å². The Bertz CT molecular complexity index is 837. The average molecular weight is 331 g/mol. The molecule has 0 fully saturated rings. The third kappa shape index (κ3) is 3.59. The number of hydrogen-bond acceptors (Lipinski definition) is 2. The molecule has 2 aromatic carbocycles. The smallest absolute Gasteiger partial charge is 0.399 e. The average Bonchev–Trinajstić information content (AvgIpc) is 2.94. The van der Waals surface area contributed by atoms with Crippen molar-refractivity contribution >= 4 is 5.69 Å². The van der Waals surface area contributed by atoms with E-state index in [2.05, 4.69) is 4.98 Å². The predicted octanol–water partition coefficient (Wildman–Crippen LogP) is 4.12. The third-order valence-electron chi connectivity index (χ3n) is 3.78. The molecule has 0 amide bonds. The van der Waals surface area contributed by atoms with Crippen molar-refractivity contribution < 1.29 is 13.2 Å². The Balaban J connectivity index is 1.87. The highest BCUT2D eigenvalue weighted by molar-refractivity contribution is 5.40. The first-order valence-electron chi connectivity index (χ1n) is 7.43. The van der Waals surface area contributed by atoms with E-state index in [0.717, 1.165) is 11.6 Å². The molecule has 0 radical (unpaired) electrons. The molecule has 0 unspecified atom stereocenters. The molecule has 0 aliphatic carbocycles. The lowest BCUT2D eigenvalue weighted by atomic mass is 10.0. The number of rotatable bonds is 4. The first kappa shape index (κ1) is 16.1. The summed E-state index contributed by atoms with van der Waals surface area (Å²) in [6, 6.07) is 13.0. The van der Waals surface area contributed by atoms with Crippen LogP contribution in [0.15, 0.2) is 60.9 Å². The number of halogens is 3. The number of benzene rings is 2. The molecule has 0 aliphatic rings. The lowest BCUT2D eigenvalue weighted by Crippen LogP contribution is -2.11. The summed E-state index contributed by atoms with van der Waals surface area (Å²) >= 11 is 0. The van der Waals surface area contributed by atoms with Crippen molar-refractivity contribution in [2.45, 2.75) is 19.1 Å². The minimum Gasteiger partial charge on any atom is -0.399 e. The van der Waals surface area contributed by atoms with E-state index in [-0.39, 0.29) is 12.0 Å². The van der Waals surface area contributed by atoms with Crippen molar-refractivity contribution in [1.29, 1.82) is 0 Å². The number of nitrogens with zero attached hydrogens (tertiary/aromatic N) is 2. The van der Waals surface area contributed by atoms with Crippen LogP contribution in [-0.4, -0.2) is 9.55 Å². The van der Waals surface area contributed by atoms with Crippen LogP contribution in [0.3, 0.4) is 0 Å². The van der Waals surface area contributed by atoms with E-state index in [1.54, 1.807) is 24.5 Å². The second-order valence-corrected chi connectivity index (χ2v) is 5.55. The van der Waals surface area contributed by atoms with E-state index in [1.165, 1.54) is 12.1 Å². The molecule has 3 nitrogen and oxygen atoms in total. The molecule has 6 heteroatoms. The second-order valence-electron chi connectivity index (χ2n) is 5.55. The Morgan fingerprint density at radius 3 is 2.58 bits per heavy atom. The van der Waals surface area contributed by atoms with Gasteiger partial charge in [0.2, 0.25) is 0 Å². The highest BCUT2D eigenvalue weighted by Gasteiger charge is 2.33. The molecule has 0 spiro atoms. The SMILES string of the molecule is Nc1cccc(Cn2ccnc2Cc2ccccc2C(F)(F)F)c1. The lowest BCUT2D eigenvalue weighted by Gasteiger charge is -2.13. The predicted molar refractivity (Wildman–Crippen MR) is 86.4 cm³/mol. The molecule has 3 aromatic rings.